The van der Waals surface area contributed by atoms with Crippen LogP contribution in [0.4, 0.5) is 4.39 Å². The van der Waals surface area contributed by atoms with E-state index in [1.807, 2.05) is 78.9 Å². The molecule has 0 N–H and O–H groups in total. The Hall–Kier alpha value is -3.20. The molecule has 0 aliphatic carbocycles. The predicted octanol–water partition coefficient (Wildman–Crippen LogP) is 8.60. The molecule has 4 aromatic carbocycles. The first-order valence-corrected chi connectivity index (χ1v) is 14.6. The van der Waals surface area contributed by atoms with Gasteiger partial charge in [-0.1, -0.05) is 78.9 Å². The third-order valence-electron chi connectivity index (χ3n) is 5.96. The number of thioether (sulfide) groups is 1. The molecule has 0 unspecified atom stereocenters. The van der Waals surface area contributed by atoms with Crippen molar-refractivity contribution in [1.82, 2.24) is 4.90 Å². The van der Waals surface area contributed by atoms with Crippen molar-refractivity contribution in [3.63, 3.8) is 0 Å². The number of ether oxygens (including phenoxy) is 1. The maximum Gasteiger partial charge on any atom is 0.267 e. The van der Waals surface area contributed by atoms with E-state index in [-0.39, 0.29) is 18.3 Å². The standard InChI is InChI=1S/C31H23Br2FN2O2S/c32-25-15-23(16-26(33)29(25)38-20-24-13-7-8-14-27(24)34)17-28-30(37)36(19-22-11-5-2-6-12-22)31(39-28)35-18-21-9-3-1-4-10-21/h1-17H,18-20H2/b28-17+,35-31?. The minimum atomic E-state index is -0.312. The average molecular weight is 666 g/mol. The largest absolute Gasteiger partial charge is 0.486 e. The molecule has 0 spiro atoms. The van der Waals surface area contributed by atoms with Crippen LogP contribution >= 0.6 is 43.6 Å². The van der Waals surface area contributed by atoms with Crippen molar-refractivity contribution in [3.8, 4) is 5.75 Å². The maximum atomic E-state index is 14.0. The van der Waals surface area contributed by atoms with Gasteiger partial charge in [-0.3, -0.25) is 14.7 Å². The summed E-state index contributed by atoms with van der Waals surface area (Å²) < 4.78 is 21.3. The van der Waals surface area contributed by atoms with E-state index in [4.69, 9.17) is 9.73 Å². The Morgan fingerprint density at radius 3 is 2.15 bits per heavy atom. The number of amidine groups is 1. The topological polar surface area (TPSA) is 41.9 Å². The van der Waals surface area contributed by atoms with E-state index in [1.54, 1.807) is 23.1 Å². The zero-order valence-electron chi connectivity index (χ0n) is 20.7. The molecule has 8 heteroatoms. The molecule has 1 saturated heterocycles. The molecule has 4 aromatic rings. The fourth-order valence-corrected chi connectivity index (χ4v) is 6.42. The zero-order valence-corrected chi connectivity index (χ0v) is 24.7. The van der Waals surface area contributed by atoms with Crippen LogP contribution in [0, 0.1) is 5.82 Å². The quantitative estimate of drug-likeness (QED) is 0.177. The number of hydrogen-bond donors (Lipinski definition) is 0. The second-order valence-corrected chi connectivity index (χ2v) is 11.5. The van der Waals surface area contributed by atoms with Gasteiger partial charge in [-0.2, -0.15) is 0 Å². The van der Waals surface area contributed by atoms with Crippen molar-refractivity contribution in [1.29, 1.82) is 0 Å². The zero-order chi connectivity index (χ0) is 27.2. The Balaban J connectivity index is 1.39. The van der Waals surface area contributed by atoms with Crippen LogP contribution in [0.25, 0.3) is 6.08 Å². The fraction of sp³-hybridized carbons (Fsp3) is 0.0968. The molecule has 0 atom stereocenters. The Bertz CT molecular complexity index is 1520. The van der Waals surface area contributed by atoms with Crippen LogP contribution in [0.2, 0.25) is 0 Å². The molecule has 5 rings (SSSR count). The second-order valence-electron chi connectivity index (χ2n) is 8.77. The molecular formula is C31H23Br2FN2O2S. The highest BCUT2D eigenvalue weighted by Gasteiger charge is 2.33. The lowest BCUT2D eigenvalue weighted by Gasteiger charge is -2.15. The summed E-state index contributed by atoms with van der Waals surface area (Å²) in [6.07, 6.45) is 1.85. The SMILES string of the molecule is O=C1/C(=C\c2cc(Br)c(OCc3ccccc3F)c(Br)c2)SC(=NCc2ccccc2)N1Cc1ccccc1. The number of hydrogen-bond acceptors (Lipinski definition) is 4. The number of benzene rings is 4. The molecule has 1 aliphatic rings. The summed E-state index contributed by atoms with van der Waals surface area (Å²) >= 11 is 8.51. The summed E-state index contributed by atoms with van der Waals surface area (Å²) in [7, 11) is 0. The Labute approximate surface area is 247 Å². The molecule has 0 aromatic heterocycles. The van der Waals surface area contributed by atoms with E-state index in [0.717, 1.165) is 16.7 Å². The van der Waals surface area contributed by atoms with Crippen LogP contribution in [0.1, 0.15) is 22.3 Å². The molecule has 1 fully saturated rings. The van der Waals surface area contributed by atoms with Crippen LogP contribution in [0.5, 0.6) is 5.75 Å². The number of carbonyl (C=O) groups is 1. The fourth-order valence-electron chi connectivity index (χ4n) is 3.99. The lowest BCUT2D eigenvalue weighted by atomic mass is 10.2. The van der Waals surface area contributed by atoms with Crippen molar-refractivity contribution in [3.05, 3.63) is 139 Å². The van der Waals surface area contributed by atoms with Gasteiger partial charge in [-0.05, 0) is 84.6 Å². The second kappa shape index (κ2) is 12.8. The van der Waals surface area contributed by atoms with Gasteiger partial charge >= 0.3 is 0 Å². The predicted molar refractivity (Wildman–Crippen MR) is 163 cm³/mol. The van der Waals surface area contributed by atoms with Crippen molar-refractivity contribution >= 4 is 60.8 Å². The van der Waals surface area contributed by atoms with E-state index >= 15 is 0 Å². The van der Waals surface area contributed by atoms with Gasteiger partial charge in [0.05, 0.1) is 26.9 Å². The summed E-state index contributed by atoms with van der Waals surface area (Å²) in [5, 5.41) is 0.668. The van der Waals surface area contributed by atoms with Crippen LogP contribution in [0.15, 0.2) is 116 Å². The monoisotopic (exact) mass is 664 g/mol. The average Bonchev–Trinajstić information content (AvgIpc) is 3.22. The highest BCUT2D eigenvalue weighted by Crippen LogP contribution is 2.38. The van der Waals surface area contributed by atoms with Crippen LogP contribution in [-0.4, -0.2) is 16.0 Å². The van der Waals surface area contributed by atoms with E-state index in [1.165, 1.54) is 17.8 Å². The Morgan fingerprint density at radius 1 is 0.872 bits per heavy atom. The van der Waals surface area contributed by atoms with Crippen molar-refractivity contribution < 1.29 is 13.9 Å². The normalized spacial score (nSPS) is 15.4. The van der Waals surface area contributed by atoms with E-state index < -0.39 is 0 Å². The molecule has 1 amide bonds. The highest BCUT2D eigenvalue weighted by atomic mass is 79.9. The summed E-state index contributed by atoms with van der Waals surface area (Å²) in [5.74, 6) is 0.150. The molecule has 1 heterocycles. The van der Waals surface area contributed by atoms with Crippen molar-refractivity contribution in [2.75, 3.05) is 0 Å². The van der Waals surface area contributed by atoms with Crippen LogP contribution in [0.3, 0.4) is 0 Å². The van der Waals surface area contributed by atoms with Gasteiger partial charge in [0.25, 0.3) is 5.91 Å². The van der Waals surface area contributed by atoms with Crippen molar-refractivity contribution in [2.45, 2.75) is 19.7 Å². The number of amides is 1. The number of rotatable bonds is 8. The maximum absolute atomic E-state index is 14.0. The number of aliphatic imine (C=N–C) groups is 1. The first kappa shape index (κ1) is 27.4. The summed E-state index contributed by atoms with van der Waals surface area (Å²) in [6.45, 7) is 1.02. The highest BCUT2D eigenvalue weighted by molar-refractivity contribution is 9.11. The smallest absolute Gasteiger partial charge is 0.267 e. The first-order chi connectivity index (χ1) is 19.0. The number of halogens is 3. The minimum Gasteiger partial charge on any atom is -0.486 e. The molecule has 196 valence electrons. The lowest BCUT2D eigenvalue weighted by Crippen LogP contribution is -2.28. The van der Waals surface area contributed by atoms with Gasteiger partial charge in [0.1, 0.15) is 18.2 Å². The van der Waals surface area contributed by atoms with Gasteiger partial charge in [0.15, 0.2) is 5.17 Å². The van der Waals surface area contributed by atoms with E-state index in [2.05, 4.69) is 31.9 Å². The van der Waals surface area contributed by atoms with Gasteiger partial charge in [-0.25, -0.2) is 4.39 Å². The molecular weight excluding hydrogens is 643 g/mol. The molecule has 4 nitrogen and oxygen atoms in total. The summed E-state index contributed by atoms with van der Waals surface area (Å²) in [6, 6.07) is 30.1. The van der Waals surface area contributed by atoms with Crippen molar-refractivity contribution in [2.24, 2.45) is 4.99 Å². The van der Waals surface area contributed by atoms with Crippen LogP contribution in [-0.2, 0) is 24.5 Å². The Morgan fingerprint density at radius 2 is 1.49 bits per heavy atom. The minimum absolute atomic E-state index is 0.0916. The van der Waals surface area contributed by atoms with E-state index in [9.17, 15) is 9.18 Å². The molecule has 0 saturated carbocycles. The summed E-state index contributed by atoms with van der Waals surface area (Å²) in [4.78, 5) is 20.6. The van der Waals surface area contributed by atoms with Gasteiger partial charge in [0.2, 0.25) is 0 Å². The molecule has 39 heavy (non-hydrogen) atoms. The molecule has 1 aliphatic heterocycles. The van der Waals surface area contributed by atoms with Crippen LogP contribution < -0.4 is 4.74 Å². The Kier molecular flexibility index (Phi) is 8.96. The lowest BCUT2D eigenvalue weighted by molar-refractivity contribution is -0.122. The molecule has 0 radical (unpaired) electrons. The number of carbonyl (C=O) groups excluding carboxylic acids is 1. The van der Waals surface area contributed by atoms with E-state index in [0.29, 0.717) is 43.4 Å². The third kappa shape index (κ3) is 6.87. The molecule has 0 bridgehead atoms. The van der Waals surface area contributed by atoms with Gasteiger partial charge < -0.3 is 4.74 Å². The van der Waals surface area contributed by atoms with Gasteiger partial charge in [0, 0.05) is 5.56 Å². The van der Waals surface area contributed by atoms with Gasteiger partial charge in [-0.15, -0.1) is 0 Å². The first-order valence-electron chi connectivity index (χ1n) is 12.2. The number of nitrogens with zero attached hydrogens (tertiary/aromatic N) is 2. The summed E-state index contributed by atoms with van der Waals surface area (Å²) in [5.41, 5.74) is 3.39. The third-order valence-corrected chi connectivity index (χ3v) is 8.18.